The smallest absolute Gasteiger partial charge is 0.174 e. The minimum atomic E-state index is 0.447. The summed E-state index contributed by atoms with van der Waals surface area (Å²) in [6.07, 6.45) is 1.62. The first-order valence-electron chi connectivity index (χ1n) is 4.10. The Hall–Kier alpha value is -1.55. The van der Waals surface area contributed by atoms with Crippen molar-refractivity contribution in [3.63, 3.8) is 0 Å². The summed E-state index contributed by atoms with van der Waals surface area (Å²) in [5, 5.41) is 0. The average molecular weight is 177 g/mol. The van der Waals surface area contributed by atoms with Crippen molar-refractivity contribution in [3.05, 3.63) is 29.8 Å². The summed E-state index contributed by atoms with van der Waals surface area (Å²) < 4.78 is 5.20. The third-order valence-corrected chi connectivity index (χ3v) is 1.93. The molecule has 0 saturated heterocycles. The van der Waals surface area contributed by atoms with Gasteiger partial charge in [0.15, 0.2) is 11.6 Å². The van der Waals surface area contributed by atoms with Crippen LogP contribution in [-0.4, -0.2) is 9.97 Å². The molecular weight excluding hydrogens is 166 g/mol. The zero-order chi connectivity index (χ0) is 9.26. The normalized spacial score (nSPS) is 10.6. The van der Waals surface area contributed by atoms with E-state index in [2.05, 4.69) is 9.97 Å². The van der Waals surface area contributed by atoms with E-state index in [1.165, 1.54) is 0 Å². The molecule has 2 rings (SSSR count). The molecule has 0 bridgehead atoms. The molecule has 0 aliphatic heterocycles. The van der Waals surface area contributed by atoms with E-state index in [1.807, 2.05) is 19.1 Å². The molecule has 2 heterocycles. The predicted octanol–water partition coefficient (Wildman–Crippen LogP) is 1.44. The quantitative estimate of drug-likeness (QED) is 0.729. The number of nitrogens with zero attached hydrogens (tertiary/aromatic N) is 1. The zero-order valence-electron chi connectivity index (χ0n) is 7.37. The lowest BCUT2D eigenvalue weighted by atomic mass is 10.3. The number of aryl methyl sites for hydroxylation is 1. The van der Waals surface area contributed by atoms with Gasteiger partial charge in [-0.05, 0) is 19.1 Å². The molecule has 0 fully saturated rings. The maximum absolute atomic E-state index is 5.50. The van der Waals surface area contributed by atoms with Crippen molar-refractivity contribution in [2.45, 2.75) is 13.5 Å². The Morgan fingerprint density at radius 2 is 2.46 bits per heavy atom. The summed E-state index contributed by atoms with van der Waals surface area (Å²) in [5.41, 5.74) is 7.38. The summed E-state index contributed by atoms with van der Waals surface area (Å²) in [7, 11) is 0. The van der Waals surface area contributed by atoms with E-state index in [9.17, 15) is 0 Å². The lowest BCUT2D eigenvalue weighted by molar-refractivity contribution is 0.578. The van der Waals surface area contributed by atoms with E-state index < -0.39 is 0 Å². The van der Waals surface area contributed by atoms with E-state index in [4.69, 9.17) is 10.2 Å². The Kier molecular flexibility index (Phi) is 1.90. The Balaban J connectivity index is 2.43. The van der Waals surface area contributed by atoms with Crippen LogP contribution < -0.4 is 5.73 Å². The number of hydrogen-bond donors (Lipinski definition) is 2. The highest BCUT2D eigenvalue weighted by molar-refractivity contribution is 5.47. The van der Waals surface area contributed by atoms with E-state index >= 15 is 0 Å². The fourth-order valence-electron chi connectivity index (χ4n) is 1.23. The maximum Gasteiger partial charge on any atom is 0.174 e. The molecule has 4 nitrogen and oxygen atoms in total. The van der Waals surface area contributed by atoms with Crippen LogP contribution in [0.15, 0.2) is 22.8 Å². The molecule has 0 amide bonds. The second kappa shape index (κ2) is 3.06. The van der Waals surface area contributed by atoms with Crippen LogP contribution in [-0.2, 0) is 6.54 Å². The highest BCUT2D eigenvalue weighted by Crippen LogP contribution is 2.17. The number of hydrogen-bond acceptors (Lipinski definition) is 3. The standard InChI is InChI=1S/C9H11N3O/c1-6-7(5-10)12-9(11-6)8-3-2-4-13-8/h2-4H,5,10H2,1H3,(H,11,12). The molecule has 0 aromatic carbocycles. The predicted molar refractivity (Wildman–Crippen MR) is 48.9 cm³/mol. The van der Waals surface area contributed by atoms with Gasteiger partial charge in [-0.1, -0.05) is 0 Å². The molecule has 68 valence electrons. The summed E-state index contributed by atoms with van der Waals surface area (Å²) >= 11 is 0. The van der Waals surface area contributed by atoms with Crippen molar-refractivity contribution in [2.75, 3.05) is 0 Å². The number of aromatic nitrogens is 2. The monoisotopic (exact) mass is 177 g/mol. The topological polar surface area (TPSA) is 67.8 Å². The average Bonchev–Trinajstić information content (AvgIpc) is 2.71. The van der Waals surface area contributed by atoms with Crippen LogP contribution in [0.5, 0.6) is 0 Å². The minimum absolute atomic E-state index is 0.447. The van der Waals surface area contributed by atoms with Crippen LogP contribution in [0.4, 0.5) is 0 Å². The second-order valence-corrected chi connectivity index (χ2v) is 2.84. The van der Waals surface area contributed by atoms with Gasteiger partial charge >= 0.3 is 0 Å². The lowest BCUT2D eigenvalue weighted by Gasteiger charge is -1.87. The van der Waals surface area contributed by atoms with Crippen molar-refractivity contribution in [1.29, 1.82) is 0 Å². The number of imidazole rings is 1. The Labute approximate surface area is 75.8 Å². The van der Waals surface area contributed by atoms with Gasteiger partial charge in [0.1, 0.15) is 0 Å². The molecular formula is C9H11N3O. The van der Waals surface area contributed by atoms with Crippen LogP contribution in [0.3, 0.4) is 0 Å². The number of rotatable bonds is 2. The van der Waals surface area contributed by atoms with Crippen molar-refractivity contribution >= 4 is 0 Å². The van der Waals surface area contributed by atoms with E-state index in [0.717, 1.165) is 23.0 Å². The molecule has 0 unspecified atom stereocenters. The summed E-state index contributed by atoms with van der Waals surface area (Å²) in [4.78, 5) is 7.41. The van der Waals surface area contributed by atoms with Crippen LogP contribution in [0.1, 0.15) is 11.4 Å². The van der Waals surface area contributed by atoms with E-state index in [1.54, 1.807) is 6.26 Å². The Morgan fingerprint density at radius 1 is 1.62 bits per heavy atom. The Bertz CT molecular complexity index is 389. The van der Waals surface area contributed by atoms with Gasteiger partial charge in [-0.15, -0.1) is 0 Å². The highest BCUT2D eigenvalue weighted by Gasteiger charge is 2.08. The second-order valence-electron chi connectivity index (χ2n) is 2.84. The van der Waals surface area contributed by atoms with Gasteiger partial charge in [0.25, 0.3) is 0 Å². The van der Waals surface area contributed by atoms with Crippen molar-refractivity contribution in [1.82, 2.24) is 9.97 Å². The van der Waals surface area contributed by atoms with E-state index in [-0.39, 0.29) is 0 Å². The molecule has 0 aliphatic carbocycles. The number of H-pyrrole nitrogens is 1. The summed E-state index contributed by atoms with van der Waals surface area (Å²) in [6.45, 7) is 2.39. The molecule has 0 spiro atoms. The van der Waals surface area contributed by atoms with Gasteiger partial charge in [0.05, 0.1) is 12.0 Å². The fraction of sp³-hybridized carbons (Fsp3) is 0.222. The summed E-state index contributed by atoms with van der Waals surface area (Å²) in [5.74, 6) is 1.48. The molecule has 0 radical (unpaired) electrons. The molecule has 4 heteroatoms. The molecule has 13 heavy (non-hydrogen) atoms. The minimum Gasteiger partial charge on any atom is -0.461 e. The molecule has 0 atom stereocenters. The molecule has 0 saturated carbocycles. The maximum atomic E-state index is 5.50. The molecule has 2 aromatic heterocycles. The molecule has 2 aromatic rings. The number of furan rings is 1. The van der Waals surface area contributed by atoms with Crippen molar-refractivity contribution in [2.24, 2.45) is 5.73 Å². The molecule has 3 N–H and O–H groups in total. The first kappa shape index (κ1) is 8.07. The van der Waals surface area contributed by atoms with Gasteiger partial charge in [-0.25, -0.2) is 4.98 Å². The number of nitrogens with two attached hydrogens (primary N) is 1. The number of nitrogens with one attached hydrogen (secondary N) is 1. The van der Waals surface area contributed by atoms with Gasteiger partial charge in [0.2, 0.25) is 0 Å². The summed E-state index contributed by atoms with van der Waals surface area (Å²) in [6, 6.07) is 3.69. The van der Waals surface area contributed by atoms with Gasteiger partial charge in [-0.3, -0.25) is 0 Å². The number of aromatic amines is 1. The zero-order valence-corrected chi connectivity index (χ0v) is 7.37. The van der Waals surface area contributed by atoms with Gasteiger partial charge in [-0.2, -0.15) is 0 Å². The van der Waals surface area contributed by atoms with Crippen LogP contribution >= 0.6 is 0 Å². The van der Waals surface area contributed by atoms with Crippen LogP contribution in [0.25, 0.3) is 11.6 Å². The molecule has 0 aliphatic rings. The van der Waals surface area contributed by atoms with Gasteiger partial charge in [0, 0.05) is 12.2 Å². The third-order valence-electron chi connectivity index (χ3n) is 1.93. The third kappa shape index (κ3) is 1.36. The fourth-order valence-corrected chi connectivity index (χ4v) is 1.23. The van der Waals surface area contributed by atoms with Crippen molar-refractivity contribution in [3.8, 4) is 11.6 Å². The van der Waals surface area contributed by atoms with E-state index in [0.29, 0.717) is 6.54 Å². The Morgan fingerprint density at radius 3 is 3.00 bits per heavy atom. The highest BCUT2D eigenvalue weighted by atomic mass is 16.3. The van der Waals surface area contributed by atoms with Crippen LogP contribution in [0, 0.1) is 6.92 Å². The SMILES string of the molecule is Cc1[nH]c(-c2ccco2)nc1CN. The van der Waals surface area contributed by atoms with Crippen molar-refractivity contribution < 1.29 is 4.42 Å². The van der Waals surface area contributed by atoms with Crippen LogP contribution in [0.2, 0.25) is 0 Å². The largest absolute Gasteiger partial charge is 0.461 e. The first-order chi connectivity index (χ1) is 6.31. The first-order valence-corrected chi connectivity index (χ1v) is 4.10. The lowest BCUT2D eigenvalue weighted by Crippen LogP contribution is -1.98. The van der Waals surface area contributed by atoms with Gasteiger partial charge < -0.3 is 15.1 Å².